The van der Waals surface area contributed by atoms with Crippen molar-refractivity contribution >= 4 is 75.8 Å². The molecule has 1 aliphatic rings. The molecule has 2 aromatic heterocycles. The van der Waals surface area contributed by atoms with Gasteiger partial charge in [-0.25, -0.2) is 9.98 Å². The van der Waals surface area contributed by atoms with Crippen LogP contribution in [0.3, 0.4) is 0 Å². The number of nitrogens with one attached hydrogen (secondary N) is 1. The minimum absolute atomic E-state index is 0.267. The van der Waals surface area contributed by atoms with Gasteiger partial charge in [0.05, 0.1) is 16.7 Å². The van der Waals surface area contributed by atoms with Gasteiger partial charge in [-0.3, -0.25) is 0 Å². The molecule has 4 nitrogen and oxygen atoms in total. The number of rotatable bonds is 5. The molecule has 0 saturated heterocycles. The van der Waals surface area contributed by atoms with Crippen LogP contribution in [-0.2, 0) is 0 Å². The van der Waals surface area contributed by atoms with Crippen molar-refractivity contribution in [3.8, 4) is 16.8 Å². The standard InChI is InChI=1S/C49H32N4S/c1-3-15-31(16-4-1)47-50-48(32-17-5-2-6-18-32)52-49(51-47)39-25-14-23-35-34(22-13-24-36(35)39)33-29-43(46-40-21-9-12-28-44(40)54-45(46)30-33)53-41-26-10-7-19-37(41)38-20-8-11-27-42(38)53/h1-30,47H,(H,50,51,52). The fourth-order valence-electron chi connectivity index (χ4n) is 8.22. The molecule has 0 fully saturated rings. The van der Waals surface area contributed by atoms with Crippen LogP contribution in [0.5, 0.6) is 0 Å². The average molecular weight is 709 g/mol. The van der Waals surface area contributed by atoms with E-state index in [1.165, 1.54) is 64.2 Å². The second-order valence-corrected chi connectivity index (χ2v) is 14.9. The maximum absolute atomic E-state index is 5.18. The van der Waals surface area contributed by atoms with Gasteiger partial charge in [0.2, 0.25) is 0 Å². The van der Waals surface area contributed by atoms with Crippen LogP contribution in [0.15, 0.2) is 192 Å². The van der Waals surface area contributed by atoms with E-state index >= 15 is 0 Å². The largest absolute Gasteiger partial charge is 0.344 e. The van der Waals surface area contributed by atoms with Crippen LogP contribution in [0.4, 0.5) is 0 Å². The predicted octanol–water partition coefficient (Wildman–Crippen LogP) is 12.5. The molecule has 0 spiro atoms. The van der Waals surface area contributed by atoms with Crippen molar-refractivity contribution in [3.63, 3.8) is 0 Å². The lowest BCUT2D eigenvalue weighted by molar-refractivity contribution is 0.674. The Labute approximate surface area is 316 Å². The van der Waals surface area contributed by atoms with Crippen LogP contribution in [0.2, 0.25) is 0 Å². The van der Waals surface area contributed by atoms with E-state index in [0.29, 0.717) is 0 Å². The minimum atomic E-state index is -0.267. The molecule has 0 radical (unpaired) electrons. The van der Waals surface area contributed by atoms with Gasteiger partial charge in [0.25, 0.3) is 0 Å². The van der Waals surface area contributed by atoms with E-state index in [9.17, 15) is 0 Å². The summed E-state index contributed by atoms with van der Waals surface area (Å²) in [5.74, 6) is 1.53. The lowest BCUT2D eigenvalue weighted by Gasteiger charge is -2.24. The van der Waals surface area contributed by atoms with E-state index in [4.69, 9.17) is 9.98 Å². The molecule has 11 rings (SSSR count). The third-order valence-electron chi connectivity index (χ3n) is 10.7. The highest BCUT2D eigenvalue weighted by Gasteiger charge is 2.23. The SMILES string of the molecule is c1ccc(C2=NC(c3ccccc3)NC(c3cccc4c(-c5cc(-n6c7ccccc7c7ccccc76)c6c(c5)sc5ccccc56)cccc34)=N2)cc1. The molecular formula is C49H32N4S. The van der Waals surface area contributed by atoms with Crippen molar-refractivity contribution in [2.45, 2.75) is 6.17 Å². The molecule has 1 aliphatic heterocycles. The Balaban J connectivity index is 1.14. The lowest BCUT2D eigenvalue weighted by atomic mass is 9.94. The monoisotopic (exact) mass is 708 g/mol. The van der Waals surface area contributed by atoms with Gasteiger partial charge in [-0.2, -0.15) is 0 Å². The number of thiophene rings is 1. The fourth-order valence-corrected chi connectivity index (χ4v) is 9.39. The van der Waals surface area contributed by atoms with Gasteiger partial charge in [0.1, 0.15) is 12.0 Å². The molecule has 0 bridgehead atoms. The Bertz CT molecular complexity index is 3080. The maximum Gasteiger partial charge on any atom is 0.159 e. The van der Waals surface area contributed by atoms with E-state index in [1.807, 2.05) is 35.6 Å². The number of hydrogen-bond acceptors (Lipinski definition) is 4. The molecule has 0 aliphatic carbocycles. The van der Waals surface area contributed by atoms with Gasteiger partial charge < -0.3 is 9.88 Å². The highest BCUT2D eigenvalue weighted by Crippen LogP contribution is 2.44. The van der Waals surface area contributed by atoms with E-state index in [0.717, 1.165) is 33.7 Å². The van der Waals surface area contributed by atoms with Gasteiger partial charge in [-0.1, -0.05) is 152 Å². The van der Waals surface area contributed by atoms with E-state index in [2.05, 4.69) is 168 Å². The van der Waals surface area contributed by atoms with Gasteiger partial charge in [0.15, 0.2) is 5.84 Å². The molecule has 254 valence electrons. The van der Waals surface area contributed by atoms with Crippen molar-refractivity contribution in [1.82, 2.24) is 9.88 Å². The normalized spacial score (nSPS) is 14.5. The van der Waals surface area contributed by atoms with Crippen molar-refractivity contribution in [2.24, 2.45) is 9.98 Å². The van der Waals surface area contributed by atoms with Gasteiger partial charge >= 0.3 is 0 Å². The first-order valence-corrected chi connectivity index (χ1v) is 19.1. The lowest BCUT2D eigenvalue weighted by Crippen LogP contribution is -2.33. The zero-order valence-corrected chi connectivity index (χ0v) is 30.0. The van der Waals surface area contributed by atoms with E-state index < -0.39 is 0 Å². The number of fused-ring (bicyclic) bond motifs is 7. The second-order valence-electron chi connectivity index (χ2n) is 13.8. The van der Waals surface area contributed by atoms with Gasteiger partial charge in [0, 0.05) is 42.1 Å². The van der Waals surface area contributed by atoms with Crippen LogP contribution in [0.1, 0.15) is 22.9 Å². The molecule has 0 amide bonds. The minimum Gasteiger partial charge on any atom is -0.344 e. The topological polar surface area (TPSA) is 41.7 Å². The van der Waals surface area contributed by atoms with Crippen molar-refractivity contribution in [2.75, 3.05) is 0 Å². The molecule has 1 unspecified atom stereocenters. The summed E-state index contributed by atoms with van der Waals surface area (Å²) in [5, 5.41) is 11.1. The van der Waals surface area contributed by atoms with Crippen LogP contribution >= 0.6 is 11.3 Å². The highest BCUT2D eigenvalue weighted by molar-refractivity contribution is 7.26. The van der Waals surface area contributed by atoms with Crippen molar-refractivity contribution < 1.29 is 0 Å². The molecule has 1 N–H and O–H groups in total. The Morgan fingerprint density at radius 1 is 0.481 bits per heavy atom. The number of benzene rings is 8. The molecule has 54 heavy (non-hydrogen) atoms. The smallest absolute Gasteiger partial charge is 0.159 e. The first-order valence-electron chi connectivity index (χ1n) is 18.3. The molecule has 0 saturated carbocycles. The number of aliphatic imine (C=N–C) groups is 2. The molecule has 8 aromatic carbocycles. The number of para-hydroxylation sites is 2. The molecule has 1 atom stereocenters. The van der Waals surface area contributed by atoms with Crippen molar-refractivity contribution in [3.05, 3.63) is 199 Å². The number of hydrogen-bond donors (Lipinski definition) is 1. The summed E-state index contributed by atoms with van der Waals surface area (Å²) in [6.45, 7) is 0. The first-order chi connectivity index (χ1) is 26.8. The second kappa shape index (κ2) is 12.4. The van der Waals surface area contributed by atoms with Gasteiger partial charge in [-0.15, -0.1) is 11.3 Å². The van der Waals surface area contributed by atoms with E-state index in [1.54, 1.807) is 0 Å². The number of amidine groups is 2. The van der Waals surface area contributed by atoms with Gasteiger partial charge in [-0.05, 0) is 57.8 Å². The summed E-state index contributed by atoms with van der Waals surface area (Å²) in [7, 11) is 0. The van der Waals surface area contributed by atoms with E-state index in [-0.39, 0.29) is 6.17 Å². The maximum atomic E-state index is 5.18. The summed E-state index contributed by atoms with van der Waals surface area (Å²) in [6, 6.07) is 65.1. The molecular weight excluding hydrogens is 677 g/mol. The summed E-state index contributed by atoms with van der Waals surface area (Å²) in [5.41, 5.74) is 9.10. The molecule has 5 heteroatoms. The molecule has 3 heterocycles. The first kappa shape index (κ1) is 30.8. The average Bonchev–Trinajstić information content (AvgIpc) is 3.79. The highest BCUT2D eigenvalue weighted by atomic mass is 32.1. The Kier molecular flexibility index (Phi) is 7.07. The van der Waals surface area contributed by atoms with Crippen molar-refractivity contribution in [1.29, 1.82) is 0 Å². The summed E-state index contributed by atoms with van der Waals surface area (Å²) < 4.78 is 5.03. The van der Waals surface area contributed by atoms with Crippen LogP contribution in [0, 0.1) is 0 Å². The Morgan fingerprint density at radius 3 is 1.81 bits per heavy atom. The van der Waals surface area contributed by atoms with Crippen LogP contribution in [-0.4, -0.2) is 16.2 Å². The van der Waals surface area contributed by atoms with Crippen LogP contribution in [0.25, 0.3) is 69.6 Å². The third kappa shape index (κ3) is 4.90. The fraction of sp³-hybridized carbons (Fsp3) is 0.0204. The number of aromatic nitrogens is 1. The van der Waals surface area contributed by atoms with Crippen LogP contribution < -0.4 is 5.32 Å². The predicted molar refractivity (Wildman–Crippen MR) is 228 cm³/mol. The summed E-state index contributed by atoms with van der Waals surface area (Å²) in [4.78, 5) is 10.3. The Hall–Kier alpha value is -6.82. The third-order valence-corrected chi connectivity index (χ3v) is 11.8. The zero-order chi connectivity index (χ0) is 35.6. The quantitative estimate of drug-likeness (QED) is 0.190. The molecule has 10 aromatic rings. The number of nitrogens with zero attached hydrogens (tertiary/aromatic N) is 3. The Morgan fingerprint density at radius 2 is 1.07 bits per heavy atom. The zero-order valence-electron chi connectivity index (χ0n) is 29.1. The summed E-state index contributed by atoms with van der Waals surface area (Å²) >= 11 is 1.86. The summed E-state index contributed by atoms with van der Waals surface area (Å²) in [6.07, 6.45) is -0.267.